The SMILES string of the molecule is C/C(=C/N)C(C)C(C)C. The van der Waals surface area contributed by atoms with E-state index in [9.17, 15) is 0 Å². The van der Waals surface area contributed by atoms with Crippen molar-refractivity contribution in [3.63, 3.8) is 0 Å². The molecule has 1 unspecified atom stereocenters. The number of rotatable bonds is 2. The molecule has 0 aliphatic heterocycles. The van der Waals surface area contributed by atoms with Gasteiger partial charge in [0.25, 0.3) is 0 Å². The highest BCUT2D eigenvalue weighted by atomic mass is 14.5. The summed E-state index contributed by atoms with van der Waals surface area (Å²) in [4.78, 5) is 0. The zero-order chi connectivity index (χ0) is 7.44. The number of hydrogen-bond donors (Lipinski definition) is 1. The average molecular weight is 127 g/mol. The molecule has 0 bridgehead atoms. The van der Waals surface area contributed by atoms with Crippen molar-refractivity contribution in [3.05, 3.63) is 11.8 Å². The van der Waals surface area contributed by atoms with Crippen LogP contribution in [0.25, 0.3) is 0 Å². The van der Waals surface area contributed by atoms with Crippen molar-refractivity contribution >= 4 is 0 Å². The highest BCUT2D eigenvalue weighted by molar-refractivity contribution is 5.00. The van der Waals surface area contributed by atoms with E-state index >= 15 is 0 Å². The molecule has 9 heavy (non-hydrogen) atoms. The highest BCUT2D eigenvalue weighted by Gasteiger charge is 2.07. The first-order valence-electron chi connectivity index (χ1n) is 3.48. The third-order valence-corrected chi connectivity index (χ3v) is 1.98. The van der Waals surface area contributed by atoms with Gasteiger partial charge in [0.15, 0.2) is 0 Å². The topological polar surface area (TPSA) is 26.0 Å². The molecule has 0 aromatic rings. The Balaban J connectivity index is 3.88. The summed E-state index contributed by atoms with van der Waals surface area (Å²) in [7, 11) is 0. The van der Waals surface area contributed by atoms with Crippen LogP contribution < -0.4 is 5.73 Å². The molecule has 0 spiro atoms. The van der Waals surface area contributed by atoms with Gasteiger partial charge in [-0.3, -0.25) is 0 Å². The van der Waals surface area contributed by atoms with Crippen LogP contribution in [0.15, 0.2) is 11.8 Å². The van der Waals surface area contributed by atoms with E-state index in [-0.39, 0.29) is 0 Å². The Morgan fingerprint density at radius 3 is 1.89 bits per heavy atom. The lowest BCUT2D eigenvalue weighted by Gasteiger charge is -2.14. The summed E-state index contributed by atoms with van der Waals surface area (Å²) in [6.07, 6.45) is 1.70. The molecule has 1 nitrogen and oxygen atoms in total. The van der Waals surface area contributed by atoms with Crippen LogP contribution in [0, 0.1) is 11.8 Å². The third-order valence-electron chi connectivity index (χ3n) is 1.98. The minimum absolute atomic E-state index is 0.620. The maximum absolute atomic E-state index is 5.35. The van der Waals surface area contributed by atoms with Gasteiger partial charge in [-0.05, 0) is 25.0 Å². The second kappa shape index (κ2) is 3.54. The molecule has 0 saturated heterocycles. The average Bonchev–Trinajstić information content (AvgIpc) is 1.84. The molecule has 0 aromatic carbocycles. The van der Waals surface area contributed by atoms with Gasteiger partial charge in [-0.2, -0.15) is 0 Å². The van der Waals surface area contributed by atoms with Crippen LogP contribution in [-0.2, 0) is 0 Å². The first-order valence-corrected chi connectivity index (χ1v) is 3.48. The summed E-state index contributed by atoms with van der Waals surface area (Å²) in [6, 6.07) is 0. The Kier molecular flexibility index (Phi) is 3.36. The number of nitrogens with two attached hydrogens (primary N) is 1. The molecular weight excluding hydrogens is 110 g/mol. The molecule has 1 heteroatoms. The molecule has 0 amide bonds. The van der Waals surface area contributed by atoms with Crippen molar-refractivity contribution in [2.75, 3.05) is 0 Å². The Bertz CT molecular complexity index is 103. The monoisotopic (exact) mass is 127 g/mol. The Hall–Kier alpha value is -0.460. The van der Waals surface area contributed by atoms with Crippen LogP contribution >= 0.6 is 0 Å². The Morgan fingerprint density at radius 2 is 1.78 bits per heavy atom. The van der Waals surface area contributed by atoms with Gasteiger partial charge in [0.1, 0.15) is 0 Å². The van der Waals surface area contributed by atoms with E-state index in [1.54, 1.807) is 6.20 Å². The molecule has 2 N–H and O–H groups in total. The zero-order valence-electron chi connectivity index (χ0n) is 6.81. The molecule has 0 radical (unpaired) electrons. The van der Waals surface area contributed by atoms with Crippen molar-refractivity contribution in [2.24, 2.45) is 17.6 Å². The van der Waals surface area contributed by atoms with E-state index in [0.717, 1.165) is 0 Å². The van der Waals surface area contributed by atoms with Crippen LogP contribution in [0.5, 0.6) is 0 Å². The fourth-order valence-corrected chi connectivity index (χ4v) is 0.678. The summed E-state index contributed by atoms with van der Waals surface area (Å²) in [5, 5.41) is 0. The molecule has 0 aliphatic rings. The maximum atomic E-state index is 5.35. The predicted octanol–water partition coefficient (Wildman–Crippen LogP) is 2.14. The van der Waals surface area contributed by atoms with Crippen LogP contribution in [0.4, 0.5) is 0 Å². The van der Waals surface area contributed by atoms with Gasteiger partial charge in [-0.1, -0.05) is 26.3 Å². The molecule has 0 rings (SSSR count). The van der Waals surface area contributed by atoms with Crippen molar-refractivity contribution in [2.45, 2.75) is 27.7 Å². The van der Waals surface area contributed by atoms with Crippen LogP contribution in [0.1, 0.15) is 27.7 Å². The van der Waals surface area contributed by atoms with Crippen molar-refractivity contribution < 1.29 is 0 Å². The summed E-state index contributed by atoms with van der Waals surface area (Å²) in [5.74, 6) is 1.32. The smallest absolute Gasteiger partial charge is 0.00705 e. The van der Waals surface area contributed by atoms with E-state index in [1.807, 2.05) is 0 Å². The van der Waals surface area contributed by atoms with Crippen molar-refractivity contribution in [3.8, 4) is 0 Å². The summed E-state index contributed by atoms with van der Waals surface area (Å²) in [5.41, 5.74) is 6.63. The second-order valence-electron chi connectivity index (χ2n) is 2.94. The quantitative estimate of drug-likeness (QED) is 0.604. The largest absolute Gasteiger partial charge is 0.405 e. The van der Waals surface area contributed by atoms with E-state index < -0.39 is 0 Å². The molecule has 1 atom stereocenters. The van der Waals surface area contributed by atoms with Crippen LogP contribution in [0.3, 0.4) is 0 Å². The van der Waals surface area contributed by atoms with E-state index in [2.05, 4.69) is 27.7 Å². The zero-order valence-corrected chi connectivity index (χ0v) is 6.81. The Morgan fingerprint density at radius 1 is 1.33 bits per heavy atom. The minimum Gasteiger partial charge on any atom is -0.405 e. The molecule has 0 saturated carbocycles. The van der Waals surface area contributed by atoms with E-state index in [0.29, 0.717) is 11.8 Å². The number of hydrogen-bond acceptors (Lipinski definition) is 1. The van der Waals surface area contributed by atoms with E-state index in [4.69, 9.17) is 5.73 Å². The van der Waals surface area contributed by atoms with Gasteiger partial charge in [0, 0.05) is 0 Å². The van der Waals surface area contributed by atoms with Crippen molar-refractivity contribution in [1.29, 1.82) is 0 Å². The van der Waals surface area contributed by atoms with Gasteiger partial charge in [-0.25, -0.2) is 0 Å². The molecule has 0 aromatic heterocycles. The lowest BCUT2D eigenvalue weighted by atomic mass is 9.92. The molecule has 54 valence electrons. The molecule has 0 heterocycles. The lowest BCUT2D eigenvalue weighted by Crippen LogP contribution is -2.06. The van der Waals surface area contributed by atoms with Crippen LogP contribution in [-0.4, -0.2) is 0 Å². The van der Waals surface area contributed by atoms with Gasteiger partial charge in [0.05, 0.1) is 0 Å². The summed E-state index contributed by atoms with van der Waals surface area (Å²) in [6.45, 7) is 8.68. The number of allylic oxidation sites excluding steroid dienone is 1. The van der Waals surface area contributed by atoms with Gasteiger partial charge < -0.3 is 5.73 Å². The highest BCUT2D eigenvalue weighted by Crippen LogP contribution is 2.17. The van der Waals surface area contributed by atoms with Crippen molar-refractivity contribution in [1.82, 2.24) is 0 Å². The second-order valence-corrected chi connectivity index (χ2v) is 2.94. The molecule has 0 aliphatic carbocycles. The normalized spacial score (nSPS) is 16.3. The fourth-order valence-electron chi connectivity index (χ4n) is 0.678. The first-order chi connectivity index (χ1) is 4.09. The van der Waals surface area contributed by atoms with E-state index in [1.165, 1.54) is 5.57 Å². The first kappa shape index (κ1) is 8.54. The van der Waals surface area contributed by atoms with Gasteiger partial charge >= 0.3 is 0 Å². The standard InChI is InChI=1S/C8H17N/c1-6(2)8(4)7(3)5-9/h5-6,8H,9H2,1-4H3/b7-5-. The lowest BCUT2D eigenvalue weighted by molar-refractivity contribution is 0.479. The summed E-state index contributed by atoms with van der Waals surface area (Å²) >= 11 is 0. The third kappa shape index (κ3) is 2.54. The maximum Gasteiger partial charge on any atom is -0.00705 e. The fraction of sp³-hybridized carbons (Fsp3) is 0.750. The van der Waals surface area contributed by atoms with Crippen LogP contribution in [0.2, 0.25) is 0 Å². The molecular formula is C8H17N. The van der Waals surface area contributed by atoms with Gasteiger partial charge in [-0.15, -0.1) is 0 Å². The predicted molar refractivity (Wildman–Crippen MR) is 41.9 cm³/mol. The molecule has 0 fully saturated rings. The van der Waals surface area contributed by atoms with Gasteiger partial charge in [0.2, 0.25) is 0 Å². The summed E-state index contributed by atoms with van der Waals surface area (Å²) < 4.78 is 0. The minimum atomic E-state index is 0.620. The Labute approximate surface area is 57.9 Å².